The van der Waals surface area contributed by atoms with Crippen molar-refractivity contribution in [2.24, 2.45) is 18.9 Å². The van der Waals surface area contributed by atoms with Gasteiger partial charge in [-0.2, -0.15) is 13.2 Å². The van der Waals surface area contributed by atoms with Crippen LogP contribution in [0.15, 0.2) is 47.1 Å². The maximum absolute atomic E-state index is 14.1. The smallest absolute Gasteiger partial charge is 0.420 e. The lowest BCUT2D eigenvalue weighted by Crippen LogP contribution is -2.43. The zero-order valence-corrected chi connectivity index (χ0v) is 21.9. The van der Waals surface area contributed by atoms with Gasteiger partial charge in [-0.3, -0.25) is 4.90 Å². The Bertz CT molecular complexity index is 1470. The Morgan fingerprint density at radius 3 is 2.61 bits per heavy atom. The van der Waals surface area contributed by atoms with Gasteiger partial charge < -0.3 is 8.98 Å². The van der Waals surface area contributed by atoms with Gasteiger partial charge in [0.05, 0.1) is 5.41 Å². The number of alkyl halides is 3. The first-order valence-electron chi connectivity index (χ1n) is 13.3. The monoisotopic (exact) mass is 523 g/mol. The van der Waals surface area contributed by atoms with E-state index in [9.17, 15) is 13.2 Å². The molecule has 1 atom stereocenters. The van der Waals surface area contributed by atoms with E-state index in [4.69, 9.17) is 4.42 Å². The summed E-state index contributed by atoms with van der Waals surface area (Å²) in [6, 6.07) is 10.7. The summed E-state index contributed by atoms with van der Waals surface area (Å²) in [6.45, 7) is 6.65. The first-order valence-corrected chi connectivity index (χ1v) is 13.3. The molecule has 3 heterocycles. The van der Waals surface area contributed by atoms with Crippen LogP contribution in [0, 0.1) is 11.8 Å². The Hall–Kier alpha value is -3.20. The number of oxazole rings is 1. The van der Waals surface area contributed by atoms with Crippen molar-refractivity contribution < 1.29 is 17.6 Å². The first kappa shape index (κ1) is 25.1. The Morgan fingerprint density at radius 1 is 1.11 bits per heavy atom. The highest BCUT2D eigenvalue weighted by molar-refractivity contribution is 5.81. The molecule has 38 heavy (non-hydrogen) atoms. The van der Waals surface area contributed by atoms with Crippen LogP contribution in [0.25, 0.3) is 22.6 Å². The summed E-state index contributed by atoms with van der Waals surface area (Å²) >= 11 is 0. The third-order valence-electron chi connectivity index (χ3n) is 8.20. The van der Waals surface area contributed by atoms with E-state index in [0.29, 0.717) is 29.5 Å². The maximum Gasteiger partial charge on any atom is 0.420 e. The highest BCUT2D eigenvalue weighted by Crippen LogP contribution is 2.52. The molecule has 2 aromatic carbocycles. The highest BCUT2D eigenvalue weighted by Gasteiger charge is 2.48. The standard InChI is InChI=1S/C29H32F3N5O/c1-18-6-5-9-37(15-18)16-20-10-23(29(30,31)32)25-24(11-20)34-26(38-25)21-7-4-8-22(12-21)28(13-19(2)14-28)27-35-33-17-36(27)3/h4,7-8,10-12,17-19H,5-6,9,13-16H2,1-3H3/t18-,19-,28+/m0/s1. The molecular weight excluding hydrogens is 491 g/mol. The minimum Gasteiger partial charge on any atom is -0.435 e. The molecule has 1 aliphatic carbocycles. The van der Waals surface area contributed by atoms with Crippen LogP contribution in [0.4, 0.5) is 13.2 Å². The Kier molecular flexibility index (Phi) is 6.09. The molecule has 1 aliphatic heterocycles. The van der Waals surface area contributed by atoms with Crippen molar-refractivity contribution in [2.45, 2.75) is 57.7 Å². The average molecular weight is 524 g/mol. The number of halogens is 3. The first-order chi connectivity index (χ1) is 18.1. The fourth-order valence-corrected chi connectivity index (χ4v) is 6.55. The molecule has 0 bridgehead atoms. The van der Waals surface area contributed by atoms with Crippen LogP contribution in [0.3, 0.4) is 0 Å². The van der Waals surface area contributed by atoms with Gasteiger partial charge in [-0.05, 0) is 79.5 Å². The molecule has 0 unspecified atom stereocenters. The third kappa shape index (κ3) is 4.40. The van der Waals surface area contributed by atoms with Crippen molar-refractivity contribution in [2.75, 3.05) is 13.1 Å². The molecule has 0 spiro atoms. The van der Waals surface area contributed by atoms with Gasteiger partial charge in [0.1, 0.15) is 23.2 Å². The summed E-state index contributed by atoms with van der Waals surface area (Å²) in [5.41, 5.74) is 1.27. The van der Waals surface area contributed by atoms with Crippen molar-refractivity contribution >= 4 is 11.1 Å². The molecule has 1 saturated carbocycles. The summed E-state index contributed by atoms with van der Waals surface area (Å²) in [7, 11) is 1.94. The number of piperidine rings is 1. The van der Waals surface area contributed by atoms with Crippen molar-refractivity contribution in [1.82, 2.24) is 24.6 Å². The SMILES string of the molecule is C[C@H]1CCCN(Cc2cc(C(F)(F)F)c3oc(-c4cccc([C@]5(c6nncn6C)C[C@@H](C)C5)c4)nc3c2)C1. The quantitative estimate of drug-likeness (QED) is 0.295. The number of rotatable bonds is 5. The van der Waals surface area contributed by atoms with Crippen molar-refractivity contribution in [1.29, 1.82) is 0 Å². The predicted octanol–water partition coefficient (Wildman–Crippen LogP) is 6.59. The molecule has 6 nitrogen and oxygen atoms in total. The van der Waals surface area contributed by atoms with Gasteiger partial charge >= 0.3 is 6.18 Å². The molecule has 9 heteroatoms. The molecule has 2 fully saturated rings. The van der Waals surface area contributed by atoms with E-state index in [1.807, 2.05) is 35.9 Å². The van der Waals surface area contributed by atoms with Crippen LogP contribution >= 0.6 is 0 Å². The fourth-order valence-electron chi connectivity index (χ4n) is 6.55. The van der Waals surface area contributed by atoms with Crippen molar-refractivity contribution in [3.63, 3.8) is 0 Å². The number of benzene rings is 2. The van der Waals surface area contributed by atoms with E-state index in [1.54, 1.807) is 12.4 Å². The lowest BCUT2D eigenvalue weighted by atomic mass is 9.58. The predicted molar refractivity (Wildman–Crippen MR) is 138 cm³/mol. The molecule has 2 aromatic heterocycles. The number of fused-ring (bicyclic) bond motifs is 1. The van der Waals surface area contributed by atoms with Crippen LogP contribution in [0.2, 0.25) is 0 Å². The Labute approximate surface area is 219 Å². The number of hydrogen-bond donors (Lipinski definition) is 0. The van der Waals surface area contributed by atoms with Gasteiger partial charge in [-0.25, -0.2) is 4.98 Å². The van der Waals surface area contributed by atoms with E-state index in [2.05, 4.69) is 33.9 Å². The second kappa shape index (κ2) is 9.22. The van der Waals surface area contributed by atoms with Crippen LogP contribution in [-0.4, -0.2) is 37.7 Å². The molecule has 0 radical (unpaired) electrons. The summed E-state index contributed by atoms with van der Waals surface area (Å²) in [6.07, 6.45) is 1.23. The van der Waals surface area contributed by atoms with Crippen LogP contribution in [0.1, 0.15) is 62.0 Å². The van der Waals surface area contributed by atoms with E-state index >= 15 is 0 Å². The molecule has 4 aromatic rings. The molecule has 2 aliphatic rings. The van der Waals surface area contributed by atoms with Crippen LogP contribution in [0.5, 0.6) is 0 Å². The zero-order valence-electron chi connectivity index (χ0n) is 21.9. The van der Waals surface area contributed by atoms with Gasteiger partial charge in [-0.15, -0.1) is 10.2 Å². The molecule has 0 amide bonds. The summed E-state index contributed by atoms with van der Waals surface area (Å²) < 4.78 is 50.2. The van der Waals surface area contributed by atoms with Crippen molar-refractivity contribution in [3.8, 4) is 11.5 Å². The van der Waals surface area contributed by atoms with Gasteiger partial charge in [0.15, 0.2) is 5.58 Å². The number of likely N-dealkylation sites (tertiary alicyclic amines) is 1. The molecule has 6 rings (SSSR count). The van der Waals surface area contributed by atoms with E-state index in [0.717, 1.165) is 50.2 Å². The van der Waals surface area contributed by atoms with E-state index < -0.39 is 11.7 Å². The number of aryl methyl sites for hydroxylation is 1. The number of nitrogens with zero attached hydrogens (tertiary/aromatic N) is 5. The molecule has 200 valence electrons. The minimum absolute atomic E-state index is 0.191. The molecule has 0 N–H and O–H groups in total. The third-order valence-corrected chi connectivity index (χ3v) is 8.20. The summed E-state index contributed by atoms with van der Waals surface area (Å²) in [5, 5.41) is 8.49. The van der Waals surface area contributed by atoms with Gasteiger partial charge in [0, 0.05) is 25.7 Å². The number of hydrogen-bond acceptors (Lipinski definition) is 5. The second-order valence-electron chi connectivity index (χ2n) is 11.4. The number of aromatic nitrogens is 4. The average Bonchev–Trinajstić information content (AvgIpc) is 3.47. The lowest BCUT2D eigenvalue weighted by molar-refractivity contribution is -0.136. The summed E-state index contributed by atoms with van der Waals surface area (Å²) in [4.78, 5) is 6.80. The normalized spacial score (nSPS) is 24.6. The topological polar surface area (TPSA) is 60.0 Å². The minimum atomic E-state index is -4.54. The van der Waals surface area contributed by atoms with E-state index in [1.165, 1.54) is 6.07 Å². The van der Waals surface area contributed by atoms with Crippen LogP contribution in [-0.2, 0) is 25.2 Å². The molecular formula is C29H32F3N5O. The van der Waals surface area contributed by atoms with Crippen molar-refractivity contribution in [3.05, 3.63) is 65.2 Å². The second-order valence-corrected chi connectivity index (χ2v) is 11.4. The molecule has 1 saturated heterocycles. The Balaban J connectivity index is 1.39. The maximum atomic E-state index is 14.1. The lowest BCUT2D eigenvalue weighted by Gasteiger charge is -2.46. The zero-order chi connectivity index (χ0) is 26.7. The summed E-state index contributed by atoms with van der Waals surface area (Å²) in [5.74, 6) is 2.16. The van der Waals surface area contributed by atoms with Gasteiger partial charge in [0.2, 0.25) is 5.89 Å². The fraction of sp³-hybridized carbons (Fsp3) is 0.483. The van der Waals surface area contributed by atoms with Gasteiger partial charge in [0.25, 0.3) is 0 Å². The van der Waals surface area contributed by atoms with Gasteiger partial charge in [-0.1, -0.05) is 26.0 Å². The highest BCUT2D eigenvalue weighted by atomic mass is 19.4. The Morgan fingerprint density at radius 2 is 1.92 bits per heavy atom. The van der Waals surface area contributed by atoms with Crippen LogP contribution < -0.4 is 0 Å². The largest absolute Gasteiger partial charge is 0.435 e. The van der Waals surface area contributed by atoms with E-state index in [-0.39, 0.29) is 22.4 Å².